The van der Waals surface area contributed by atoms with Gasteiger partial charge in [0, 0.05) is 24.3 Å². The fraction of sp³-hybridized carbons (Fsp3) is 0.167. The Morgan fingerprint density at radius 1 is 1.00 bits per heavy atom. The van der Waals surface area contributed by atoms with Crippen molar-refractivity contribution in [3.05, 3.63) is 89.5 Å². The number of rotatable bonds is 5. The lowest BCUT2D eigenvalue weighted by Gasteiger charge is -2.18. The molecule has 3 aromatic rings. The number of carbonyl (C=O) groups is 2. The summed E-state index contributed by atoms with van der Waals surface area (Å²) in [4.78, 5) is 26.9. The van der Waals surface area contributed by atoms with Crippen LogP contribution in [0, 0.1) is 0 Å². The van der Waals surface area contributed by atoms with Gasteiger partial charge in [0.1, 0.15) is 5.75 Å². The molecule has 1 aliphatic heterocycles. The van der Waals surface area contributed by atoms with E-state index in [1.165, 1.54) is 0 Å². The summed E-state index contributed by atoms with van der Waals surface area (Å²) in [5, 5.41) is 5.66. The Hall–Kier alpha value is -3.80. The molecule has 1 heterocycles. The molecule has 0 spiro atoms. The summed E-state index contributed by atoms with van der Waals surface area (Å²) in [7, 11) is 1.56. The van der Waals surface area contributed by atoms with Gasteiger partial charge in [0.2, 0.25) is 0 Å². The molecule has 0 saturated carbocycles. The summed E-state index contributed by atoms with van der Waals surface area (Å²) in [6.07, 6.45) is 0.801. The van der Waals surface area contributed by atoms with Crippen LogP contribution in [0.15, 0.2) is 72.8 Å². The smallest absolute Gasteiger partial charge is 0.319 e. The van der Waals surface area contributed by atoms with Gasteiger partial charge in [-0.25, -0.2) is 4.79 Å². The predicted molar refractivity (Wildman–Crippen MR) is 117 cm³/mol. The van der Waals surface area contributed by atoms with Crippen LogP contribution < -0.4 is 20.3 Å². The molecule has 0 saturated heterocycles. The van der Waals surface area contributed by atoms with Crippen LogP contribution in [0.4, 0.5) is 16.2 Å². The van der Waals surface area contributed by atoms with E-state index in [4.69, 9.17) is 4.74 Å². The summed E-state index contributed by atoms with van der Waals surface area (Å²) in [5.74, 6) is 0.616. The van der Waals surface area contributed by atoms with Crippen LogP contribution in [-0.4, -0.2) is 25.6 Å². The minimum atomic E-state index is -0.305. The summed E-state index contributed by atoms with van der Waals surface area (Å²) in [6, 6.07) is 22.2. The number of carbonyl (C=O) groups excluding carboxylic acids is 2. The normalized spacial score (nSPS) is 12.2. The minimum absolute atomic E-state index is 0.0106. The highest BCUT2D eigenvalue weighted by molar-refractivity contribution is 6.07. The fourth-order valence-corrected chi connectivity index (χ4v) is 3.61. The maximum absolute atomic E-state index is 12.8. The van der Waals surface area contributed by atoms with Crippen molar-refractivity contribution >= 4 is 23.3 Å². The Morgan fingerprint density at radius 3 is 2.57 bits per heavy atom. The van der Waals surface area contributed by atoms with E-state index in [9.17, 15) is 9.59 Å². The standard InChI is InChI=1S/C24H23N3O3/c1-30-22-10-6-5-9-20(22)26-24(29)25-16-17-11-12-21-19(15-17)13-14-27(21)23(28)18-7-3-2-4-8-18/h2-12,15H,13-14,16H2,1H3,(H2,25,26,29). The molecule has 0 bridgehead atoms. The molecule has 152 valence electrons. The Kier molecular flexibility index (Phi) is 5.66. The second-order valence-electron chi connectivity index (χ2n) is 7.04. The van der Waals surface area contributed by atoms with E-state index >= 15 is 0 Å². The number of amides is 3. The van der Waals surface area contributed by atoms with Crippen molar-refractivity contribution in [1.82, 2.24) is 5.32 Å². The maximum Gasteiger partial charge on any atom is 0.319 e. The zero-order valence-corrected chi connectivity index (χ0v) is 16.7. The lowest BCUT2D eigenvalue weighted by atomic mass is 10.1. The number of para-hydroxylation sites is 2. The molecule has 0 fully saturated rings. The minimum Gasteiger partial charge on any atom is -0.495 e. The molecule has 0 radical (unpaired) electrons. The van der Waals surface area contributed by atoms with Crippen LogP contribution in [0.25, 0.3) is 0 Å². The third-order valence-electron chi connectivity index (χ3n) is 5.11. The molecule has 0 atom stereocenters. The molecule has 30 heavy (non-hydrogen) atoms. The number of nitrogens with zero attached hydrogens (tertiary/aromatic N) is 1. The van der Waals surface area contributed by atoms with Crippen molar-refractivity contribution in [2.24, 2.45) is 0 Å². The van der Waals surface area contributed by atoms with Crippen molar-refractivity contribution in [3.8, 4) is 5.75 Å². The Labute approximate surface area is 175 Å². The molecule has 6 heteroatoms. The number of methoxy groups -OCH3 is 1. The highest BCUT2D eigenvalue weighted by atomic mass is 16.5. The third-order valence-corrected chi connectivity index (χ3v) is 5.11. The Balaban J connectivity index is 1.39. The first kappa shape index (κ1) is 19.5. The number of hydrogen-bond donors (Lipinski definition) is 2. The van der Waals surface area contributed by atoms with Crippen molar-refractivity contribution in [2.75, 3.05) is 23.9 Å². The molecular formula is C24H23N3O3. The largest absolute Gasteiger partial charge is 0.495 e. The first-order valence-corrected chi connectivity index (χ1v) is 9.82. The number of ether oxygens (including phenoxy) is 1. The highest BCUT2D eigenvalue weighted by Gasteiger charge is 2.25. The molecule has 3 aromatic carbocycles. The second kappa shape index (κ2) is 8.69. The van der Waals surface area contributed by atoms with Gasteiger partial charge < -0.3 is 20.3 Å². The maximum atomic E-state index is 12.8. The van der Waals surface area contributed by atoms with E-state index in [2.05, 4.69) is 16.7 Å². The zero-order valence-electron chi connectivity index (χ0n) is 16.7. The number of hydrogen-bond acceptors (Lipinski definition) is 3. The van der Waals surface area contributed by atoms with Crippen molar-refractivity contribution < 1.29 is 14.3 Å². The lowest BCUT2D eigenvalue weighted by Crippen LogP contribution is -2.29. The molecule has 6 nitrogen and oxygen atoms in total. The van der Waals surface area contributed by atoms with Crippen LogP contribution in [0.1, 0.15) is 21.5 Å². The van der Waals surface area contributed by atoms with E-state index < -0.39 is 0 Å². The molecule has 0 aliphatic carbocycles. The van der Waals surface area contributed by atoms with Crippen LogP contribution in [-0.2, 0) is 13.0 Å². The summed E-state index contributed by atoms with van der Waals surface area (Å²) in [5.41, 5.74) is 4.33. The Morgan fingerprint density at radius 2 is 1.77 bits per heavy atom. The van der Waals surface area contributed by atoms with Crippen molar-refractivity contribution in [3.63, 3.8) is 0 Å². The van der Waals surface area contributed by atoms with Crippen LogP contribution in [0.2, 0.25) is 0 Å². The zero-order chi connectivity index (χ0) is 20.9. The van der Waals surface area contributed by atoms with Crippen LogP contribution in [0.5, 0.6) is 5.75 Å². The number of fused-ring (bicyclic) bond motifs is 1. The summed E-state index contributed by atoms with van der Waals surface area (Å²) in [6.45, 7) is 1.05. The first-order valence-electron chi connectivity index (χ1n) is 9.82. The van der Waals surface area contributed by atoms with Gasteiger partial charge in [-0.3, -0.25) is 4.79 Å². The van der Waals surface area contributed by atoms with Gasteiger partial charge in [-0.2, -0.15) is 0 Å². The van der Waals surface area contributed by atoms with Gasteiger partial charge in [0.05, 0.1) is 12.8 Å². The number of anilines is 2. The van der Waals surface area contributed by atoms with Gasteiger partial charge in [-0.05, 0) is 47.9 Å². The van der Waals surface area contributed by atoms with Crippen LogP contribution >= 0.6 is 0 Å². The lowest BCUT2D eigenvalue weighted by molar-refractivity contribution is 0.0989. The molecule has 1 aliphatic rings. The van der Waals surface area contributed by atoms with Gasteiger partial charge in [-0.1, -0.05) is 42.5 Å². The van der Waals surface area contributed by atoms with E-state index in [0.29, 0.717) is 30.1 Å². The second-order valence-corrected chi connectivity index (χ2v) is 7.04. The average molecular weight is 401 g/mol. The van der Waals surface area contributed by atoms with Gasteiger partial charge in [-0.15, -0.1) is 0 Å². The number of nitrogens with one attached hydrogen (secondary N) is 2. The summed E-state index contributed by atoms with van der Waals surface area (Å²) < 4.78 is 5.25. The van der Waals surface area contributed by atoms with Crippen molar-refractivity contribution in [1.29, 1.82) is 0 Å². The molecule has 2 N–H and O–H groups in total. The molecular weight excluding hydrogens is 378 g/mol. The molecule has 0 aromatic heterocycles. The van der Waals surface area contributed by atoms with Gasteiger partial charge in [0.15, 0.2) is 0 Å². The molecule has 3 amide bonds. The average Bonchev–Trinajstić information content (AvgIpc) is 3.21. The van der Waals surface area contributed by atoms with E-state index in [1.807, 2.05) is 59.5 Å². The van der Waals surface area contributed by atoms with Crippen LogP contribution in [0.3, 0.4) is 0 Å². The predicted octanol–water partition coefficient (Wildman–Crippen LogP) is 4.22. The SMILES string of the molecule is COc1ccccc1NC(=O)NCc1ccc2c(c1)CCN2C(=O)c1ccccc1. The topological polar surface area (TPSA) is 70.7 Å². The van der Waals surface area contributed by atoms with E-state index in [1.54, 1.807) is 19.2 Å². The quantitative estimate of drug-likeness (QED) is 0.672. The third kappa shape index (κ3) is 4.12. The number of urea groups is 1. The Bertz CT molecular complexity index is 1070. The first-order chi connectivity index (χ1) is 14.7. The van der Waals surface area contributed by atoms with Gasteiger partial charge in [0.25, 0.3) is 5.91 Å². The molecule has 0 unspecified atom stereocenters. The summed E-state index contributed by atoms with van der Waals surface area (Å²) >= 11 is 0. The monoisotopic (exact) mass is 401 g/mol. The molecule has 4 rings (SSSR count). The van der Waals surface area contributed by atoms with E-state index in [-0.39, 0.29) is 11.9 Å². The highest BCUT2D eigenvalue weighted by Crippen LogP contribution is 2.30. The van der Waals surface area contributed by atoms with Gasteiger partial charge >= 0.3 is 6.03 Å². The van der Waals surface area contributed by atoms with E-state index in [0.717, 1.165) is 23.2 Å². The number of benzene rings is 3. The van der Waals surface area contributed by atoms with Crippen molar-refractivity contribution in [2.45, 2.75) is 13.0 Å². The fourth-order valence-electron chi connectivity index (χ4n) is 3.61.